The number of nitrogen functional groups attached to an aromatic ring is 1. The Labute approximate surface area is 251 Å². The number of anilines is 1. The average molecular weight is 590 g/mol. The van der Waals surface area contributed by atoms with Crippen molar-refractivity contribution < 1.29 is 0 Å². The Balaban J connectivity index is 0.000000183. The van der Waals surface area contributed by atoms with E-state index >= 15 is 0 Å². The molecule has 12 nitrogen and oxygen atoms in total. The Kier molecular flexibility index (Phi) is 10.5. The molecule has 0 aliphatic rings. The first-order valence-electron chi connectivity index (χ1n) is 14.3. The zero-order chi connectivity index (χ0) is 32.0. The van der Waals surface area contributed by atoms with Crippen LogP contribution in [0, 0.1) is 20.8 Å². The van der Waals surface area contributed by atoms with E-state index in [1.165, 1.54) is 4.68 Å². The van der Waals surface area contributed by atoms with E-state index in [4.69, 9.17) is 5.73 Å². The zero-order valence-corrected chi connectivity index (χ0v) is 26.4. The highest BCUT2D eigenvalue weighted by Gasteiger charge is 2.18. The zero-order valence-electron chi connectivity index (χ0n) is 26.4. The minimum absolute atomic E-state index is 0.0220. The van der Waals surface area contributed by atoms with E-state index < -0.39 is 0 Å². The van der Waals surface area contributed by atoms with E-state index in [0.29, 0.717) is 17.7 Å². The lowest BCUT2D eigenvalue weighted by Crippen LogP contribution is -2.24. The average Bonchev–Trinajstić information content (AvgIpc) is 3.55. The van der Waals surface area contributed by atoms with Gasteiger partial charge in [0.15, 0.2) is 11.6 Å². The fraction of sp³-hybridized carbons (Fsp3) is 0.387. The number of rotatable bonds is 5. The largest absolute Gasteiger partial charge is 0.393 e. The van der Waals surface area contributed by atoms with E-state index in [0.717, 1.165) is 17.1 Å². The lowest BCUT2D eigenvalue weighted by molar-refractivity contribution is 0.462. The Morgan fingerprint density at radius 2 is 1.23 bits per heavy atom. The van der Waals surface area contributed by atoms with Gasteiger partial charge in [0, 0.05) is 54.0 Å². The van der Waals surface area contributed by atoms with Crippen LogP contribution < -0.4 is 22.4 Å². The topological polar surface area (TPSA) is 143 Å². The molecule has 230 valence electrons. The maximum Gasteiger partial charge on any atom is 0.296 e. The van der Waals surface area contributed by atoms with Crippen LogP contribution >= 0.6 is 0 Å². The van der Waals surface area contributed by atoms with Crippen LogP contribution in [0.5, 0.6) is 0 Å². The molecule has 0 radical (unpaired) electrons. The van der Waals surface area contributed by atoms with Gasteiger partial charge in [-0.1, -0.05) is 12.1 Å². The van der Waals surface area contributed by atoms with Crippen LogP contribution in [-0.4, -0.2) is 38.5 Å². The van der Waals surface area contributed by atoms with Crippen LogP contribution in [0.1, 0.15) is 76.7 Å². The van der Waals surface area contributed by atoms with Gasteiger partial charge >= 0.3 is 0 Å². The smallest absolute Gasteiger partial charge is 0.296 e. The molecular weight excluding hydrogens is 546 g/mol. The van der Waals surface area contributed by atoms with Crippen molar-refractivity contribution in [2.24, 2.45) is 0 Å². The lowest BCUT2D eigenvalue weighted by atomic mass is 10.3. The summed E-state index contributed by atoms with van der Waals surface area (Å²) >= 11 is 0. The molecule has 3 N–H and O–H groups in total. The molecular formula is C31H43N9O3. The summed E-state index contributed by atoms with van der Waals surface area (Å²) in [6, 6.07) is 14.9. The van der Waals surface area contributed by atoms with Gasteiger partial charge in [-0.25, -0.2) is 9.97 Å². The van der Waals surface area contributed by atoms with E-state index in [-0.39, 0.29) is 34.4 Å². The molecule has 0 fully saturated rings. The third-order valence-electron chi connectivity index (χ3n) is 6.67. The lowest BCUT2D eigenvalue weighted by Gasteiger charge is -2.16. The van der Waals surface area contributed by atoms with Crippen LogP contribution in [0.2, 0.25) is 0 Å². The highest BCUT2D eigenvalue weighted by molar-refractivity contribution is 5.43. The molecule has 0 amide bonds. The van der Waals surface area contributed by atoms with Crippen LogP contribution in [0.15, 0.2) is 75.3 Å². The van der Waals surface area contributed by atoms with E-state index in [1.807, 2.05) is 107 Å². The Hall–Kier alpha value is -4.87. The molecule has 0 aromatic carbocycles. The van der Waals surface area contributed by atoms with Crippen molar-refractivity contribution in [3.8, 4) is 11.6 Å². The van der Waals surface area contributed by atoms with Crippen molar-refractivity contribution in [2.45, 2.75) is 80.4 Å². The number of hydrogen-bond donors (Lipinski definition) is 2. The standard InChI is InChI=1S/C12H16N4O.C12H15N3O.C7H12N2O/c1-8(2)15-9(3)11(13)12(17)16(15)10-6-4-5-7-14-10;1-9(2)14-10(3)8-12(16)15(14)11-6-4-5-7-13-11;1-5(2)9-6(3)4-7(10)8-9/h4-8H,13H2,1-3H3;4-9H,1-3H3;4-5H,1-3H3,(H,8,10). The number of nitrogens with zero attached hydrogens (tertiary/aromatic N) is 7. The second-order valence-electron chi connectivity index (χ2n) is 11.0. The Bertz CT molecular complexity index is 1800. The van der Waals surface area contributed by atoms with Crippen molar-refractivity contribution in [3.63, 3.8) is 0 Å². The maximum atomic E-state index is 12.1. The minimum atomic E-state index is -0.213. The molecule has 0 atom stereocenters. The molecule has 43 heavy (non-hydrogen) atoms. The normalized spacial score (nSPS) is 11.0. The minimum Gasteiger partial charge on any atom is -0.393 e. The quantitative estimate of drug-likeness (QED) is 0.309. The van der Waals surface area contributed by atoms with Gasteiger partial charge in [-0.05, 0) is 86.6 Å². The molecule has 0 spiro atoms. The summed E-state index contributed by atoms with van der Waals surface area (Å²) in [7, 11) is 0. The van der Waals surface area contributed by atoms with Gasteiger partial charge < -0.3 is 5.73 Å². The molecule has 0 saturated carbocycles. The molecule has 12 heteroatoms. The molecule has 0 unspecified atom stereocenters. The molecule has 5 aromatic rings. The first-order chi connectivity index (χ1) is 20.3. The predicted molar refractivity (Wildman–Crippen MR) is 170 cm³/mol. The van der Waals surface area contributed by atoms with Crippen LogP contribution in [0.3, 0.4) is 0 Å². The number of hydrogen-bond acceptors (Lipinski definition) is 6. The fourth-order valence-electron chi connectivity index (χ4n) is 4.90. The first kappa shape index (κ1) is 32.6. The number of pyridine rings is 2. The van der Waals surface area contributed by atoms with Crippen LogP contribution in [0.4, 0.5) is 5.69 Å². The van der Waals surface area contributed by atoms with E-state index in [9.17, 15) is 14.4 Å². The van der Waals surface area contributed by atoms with Gasteiger partial charge in [0.1, 0.15) is 5.69 Å². The van der Waals surface area contributed by atoms with Gasteiger partial charge in [0.2, 0.25) is 0 Å². The highest BCUT2D eigenvalue weighted by atomic mass is 16.1. The Morgan fingerprint density at radius 1 is 0.698 bits per heavy atom. The van der Waals surface area contributed by atoms with Gasteiger partial charge in [-0.15, -0.1) is 0 Å². The van der Waals surface area contributed by atoms with Gasteiger partial charge in [0.25, 0.3) is 16.7 Å². The molecule has 5 heterocycles. The summed E-state index contributed by atoms with van der Waals surface area (Å²) in [6.45, 7) is 17.9. The number of aromatic nitrogens is 8. The van der Waals surface area contributed by atoms with Crippen LogP contribution in [-0.2, 0) is 0 Å². The van der Waals surface area contributed by atoms with Crippen molar-refractivity contribution in [1.82, 2.24) is 38.5 Å². The third-order valence-corrected chi connectivity index (χ3v) is 6.67. The summed E-state index contributed by atoms with van der Waals surface area (Å²) in [5, 5.41) is 2.70. The highest BCUT2D eigenvalue weighted by Crippen LogP contribution is 2.16. The molecule has 5 rings (SSSR count). The summed E-state index contributed by atoms with van der Waals surface area (Å²) < 4.78 is 8.79. The monoisotopic (exact) mass is 589 g/mol. The van der Waals surface area contributed by atoms with Crippen LogP contribution in [0.25, 0.3) is 11.6 Å². The molecule has 0 bridgehead atoms. The second kappa shape index (κ2) is 13.9. The summed E-state index contributed by atoms with van der Waals surface area (Å²) in [4.78, 5) is 43.1. The SMILES string of the molecule is Cc1c(N)c(=O)n(-c2ccccn2)n1C(C)C.Cc1cc(=O)[nH]n1C(C)C.Cc1cc(=O)n(-c2ccccn2)n1C(C)C. The second-order valence-corrected chi connectivity index (χ2v) is 11.0. The first-order valence-corrected chi connectivity index (χ1v) is 14.3. The van der Waals surface area contributed by atoms with Gasteiger partial charge in [-0.2, -0.15) is 9.36 Å². The third kappa shape index (κ3) is 7.32. The van der Waals surface area contributed by atoms with Crippen molar-refractivity contribution in [3.05, 3.63) is 109 Å². The number of H-pyrrole nitrogens is 1. The maximum absolute atomic E-state index is 12.1. The van der Waals surface area contributed by atoms with Crippen molar-refractivity contribution in [1.29, 1.82) is 0 Å². The summed E-state index contributed by atoms with van der Waals surface area (Å²) in [6.07, 6.45) is 3.35. The van der Waals surface area contributed by atoms with Gasteiger partial charge in [0.05, 0.1) is 5.69 Å². The molecule has 5 aromatic heterocycles. The molecule has 0 aliphatic heterocycles. The molecule has 0 aliphatic carbocycles. The summed E-state index contributed by atoms with van der Waals surface area (Å²) in [5.74, 6) is 1.25. The van der Waals surface area contributed by atoms with Crippen molar-refractivity contribution >= 4 is 5.69 Å². The number of nitrogens with two attached hydrogens (primary N) is 1. The number of aryl methyl sites for hydroxylation is 2. The number of aromatic amines is 1. The summed E-state index contributed by atoms with van der Waals surface area (Å²) in [5.41, 5.74) is 8.52. The van der Waals surface area contributed by atoms with Crippen molar-refractivity contribution in [2.75, 3.05) is 5.73 Å². The number of nitrogens with one attached hydrogen (secondary N) is 1. The molecule has 0 saturated heterocycles. The van der Waals surface area contributed by atoms with E-state index in [2.05, 4.69) is 15.1 Å². The fourth-order valence-corrected chi connectivity index (χ4v) is 4.90. The van der Waals surface area contributed by atoms with E-state index in [1.54, 1.807) is 35.3 Å². The Morgan fingerprint density at radius 3 is 1.63 bits per heavy atom. The van der Waals surface area contributed by atoms with Gasteiger partial charge in [-0.3, -0.25) is 33.5 Å². The predicted octanol–water partition coefficient (Wildman–Crippen LogP) is 4.49.